The number of ether oxygens (including phenoxy) is 3. The molecule has 3 heterocycles. The Labute approximate surface area is 205 Å². The molecule has 1 aliphatic rings. The van der Waals surface area contributed by atoms with Gasteiger partial charge < -0.3 is 28.5 Å². The Morgan fingerprint density at radius 3 is 2.66 bits per heavy atom. The van der Waals surface area contributed by atoms with Crippen LogP contribution in [0.2, 0.25) is 0 Å². The number of aromatic nitrogens is 2. The monoisotopic (exact) mass is 482 g/mol. The summed E-state index contributed by atoms with van der Waals surface area (Å²) in [7, 11) is 3.24. The number of pyridine rings is 1. The second kappa shape index (κ2) is 9.51. The van der Waals surface area contributed by atoms with Gasteiger partial charge >= 0.3 is 5.97 Å². The molecule has 1 N–H and O–H groups in total. The van der Waals surface area contributed by atoms with E-state index in [0.717, 1.165) is 35.3 Å². The van der Waals surface area contributed by atoms with Gasteiger partial charge in [-0.3, -0.25) is 4.79 Å². The predicted octanol–water partition coefficient (Wildman–Crippen LogP) is 4.23. The molecule has 35 heavy (non-hydrogen) atoms. The van der Waals surface area contributed by atoms with Crippen LogP contribution in [-0.4, -0.2) is 46.1 Å². The number of carbonyl (C=O) groups is 1. The quantitative estimate of drug-likeness (QED) is 0.542. The van der Waals surface area contributed by atoms with Crippen molar-refractivity contribution in [2.75, 3.05) is 20.3 Å². The van der Waals surface area contributed by atoms with Crippen molar-refractivity contribution in [3.05, 3.63) is 51.6 Å². The Morgan fingerprint density at radius 1 is 1.26 bits per heavy atom. The Morgan fingerprint density at radius 2 is 2.00 bits per heavy atom. The van der Waals surface area contributed by atoms with E-state index in [0.29, 0.717) is 41.9 Å². The minimum atomic E-state index is -1.33. The zero-order chi connectivity index (χ0) is 25.5. The van der Waals surface area contributed by atoms with Crippen LogP contribution >= 0.6 is 0 Å². The number of carboxylic acids is 1. The van der Waals surface area contributed by atoms with Crippen LogP contribution in [0, 0.1) is 6.92 Å². The molecule has 0 amide bonds. The van der Waals surface area contributed by atoms with Crippen LogP contribution in [0.15, 0.2) is 29.2 Å². The van der Waals surface area contributed by atoms with Gasteiger partial charge in [-0.25, -0.2) is 4.79 Å². The van der Waals surface area contributed by atoms with Gasteiger partial charge in [0.1, 0.15) is 11.3 Å². The zero-order valence-corrected chi connectivity index (χ0v) is 21.3. The van der Waals surface area contributed by atoms with E-state index >= 15 is 0 Å². The summed E-state index contributed by atoms with van der Waals surface area (Å²) >= 11 is 0. The second-order valence-electron chi connectivity index (χ2n) is 10.0. The van der Waals surface area contributed by atoms with Crippen molar-refractivity contribution in [3.63, 3.8) is 0 Å². The van der Waals surface area contributed by atoms with Crippen LogP contribution in [0.3, 0.4) is 0 Å². The van der Waals surface area contributed by atoms with E-state index in [9.17, 15) is 14.7 Å². The number of carboxylic acid groups (broad SMARTS) is 1. The van der Waals surface area contributed by atoms with Gasteiger partial charge in [-0.2, -0.15) is 0 Å². The first-order valence-electron chi connectivity index (χ1n) is 11.9. The van der Waals surface area contributed by atoms with Crippen molar-refractivity contribution in [1.29, 1.82) is 0 Å². The van der Waals surface area contributed by atoms with Gasteiger partial charge in [0, 0.05) is 37.8 Å². The molecule has 0 aliphatic carbocycles. The highest BCUT2D eigenvalue weighted by molar-refractivity contribution is 5.99. The number of nitrogens with zero attached hydrogens (tertiary/aromatic N) is 2. The van der Waals surface area contributed by atoms with Crippen LogP contribution in [0.1, 0.15) is 50.1 Å². The first kappa shape index (κ1) is 25.0. The van der Waals surface area contributed by atoms with Gasteiger partial charge in [0.05, 0.1) is 24.5 Å². The van der Waals surface area contributed by atoms with Crippen LogP contribution < -0.4 is 10.3 Å². The molecule has 8 nitrogen and oxygen atoms in total. The molecule has 1 aliphatic heterocycles. The molecule has 0 saturated carbocycles. The normalized spacial score (nSPS) is 14.6. The van der Waals surface area contributed by atoms with Crippen molar-refractivity contribution in [3.8, 4) is 16.9 Å². The van der Waals surface area contributed by atoms with Crippen LogP contribution in [-0.2, 0) is 34.3 Å². The first-order chi connectivity index (χ1) is 16.5. The third-order valence-electron chi connectivity index (χ3n) is 6.49. The molecule has 0 radical (unpaired) electrons. The minimum Gasteiger partial charge on any atom is -0.493 e. The first-order valence-corrected chi connectivity index (χ1v) is 11.9. The Kier molecular flexibility index (Phi) is 6.79. The third kappa shape index (κ3) is 4.60. The molecule has 8 heteroatoms. The van der Waals surface area contributed by atoms with E-state index in [-0.39, 0.29) is 5.56 Å². The highest BCUT2D eigenvalue weighted by Crippen LogP contribution is 2.41. The predicted molar refractivity (Wildman–Crippen MR) is 134 cm³/mol. The van der Waals surface area contributed by atoms with Crippen molar-refractivity contribution >= 4 is 16.9 Å². The molecule has 0 saturated heterocycles. The molecule has 0 spiro atoms. The summed E-state index contributed by atoms with van der Waals surface area (Å²) < 4.78 is 20.4. The summed E-state index contributed by atoms with van der Waals surface area (Å²) in [6.45, 7) is 9.09. The molecule has 0 bridgehead atoms. The molecule has 2 aromatic heterocycles. The molecule has 3 aromatic rings. The summed E-state index contributed by atoms with van der Waals surface area (Å²) in [5, 5.41) is 10.9. The molecular weight excluding hydrogens is 448 g/mol. The lowest BCUT2D eigenvalue weighted by atomic mass is 9.89. The number of methoxy groups -OCH3 is 1. The molecular formula is C27H34N2O6. The smallest absolute Gasteiger partial charge is 0.339 e. The van der Waals surface area contributed by atoms with E-state index in [4.69, 9.17) is 14.2 Å². The second-order valence-corrected chi connectivity index (χ2v) is 10.0. The summed E-state index contributed by atoms with van der Waals surface area (Å²) in [6, 6.07) is 5.79. The molecule has 188 valence electrons. The lowest BCUT2D eigenvalue weighted by molar-refractivity contribution is -0.161. The van der Waals surface area contributed by atoms with Crippen LogP contribution in [0.5, 0.6) is 5.75 Å². The number of benzene rings is 1. The van der Waals surface area contributed by atoms with E-state index in [1.165, 1.54) is 4.57 Å². The number of hydrogen-bond donors (Lipinski definition) is 1. The maximum Gasteiger partial charge on any atom is 0.339 e. The Hall–Kier alpha value is -3.10. The molecule has 1 atom stereocenters. The largest absolute Gasteiger partial charge is 0.493 e. The number of aliphatic carboxylic acids is 1. The summed E-state index contributed by atoms with van der Waals surface area (Å²) in [6.07, 6.45) is 2.33. The maximum absolute atomic E-state index is 13.6. The zero-order valence-electron chi connectivity index (χ0n) is 21.3. The minimum absolute atomic E-state index is 0.275. The van der Waals surface area contributed by atoms with Crippen LogP contribution in [0.25, 0.3) is 22.0 Å². The average Bonchev–Trinajstić information content (AvgIpc) is 3.22. The van der Waals surface area contributed by atoms with Gasteiger partial charge in [0.15, 0.2) is 6.10 Å². The fourth-order valence-corrected chi connectivity index (χ4v) is 4.91. The lowest BCUT2D eigenvalue weighted by Crippen LogP contribution is -2.33. The average molecular weight is 483 g/mol. The molecule has 1 aromatic carbocycles. The van der Waals surface area contributed by atoms with Gasteiger partial charge in [0.2, 0.25) is 0 Å². The standard InChI is InChI=1S/C27H34N2O6/c1-16-17-8-7-14-34-20(17)10-9-18(16)21-19-11-12-29(13-15-33-6)22(19)25(30)28(5)23(21)24(26(31)32)35-27(2,3)4/h9-12,24H,7-8,13-15H2,1-6H3,(H,31,32). The van der Waals surface area contributed by atoms with Crippen molar-refractivity contribution in [2.45, 2.75) is 58.8 Å². The van der Waals surface area contributed by atoms with E-state index in [2.05, 4.69) is 0 Å². The van der Waals surface area contributed by atoms with Crippen molar-refractivity contribution in [2.24, 2.45) is 7.05 Å². The van der Waals surface area contributed by atoms with Crippen molar-refractivity contribution < 1.29 is 24.1 Å². The van der Waals surface area contributed by atoms with Gasteiger partial charge in [-0.15, -0.1) is 0 Å². The van der Waals surface area contributed by atoms with Gasteiger partial charge in [0.25, 0.3) is 5.56 Å². The summed E-state index contributed by atoms with van der Waals surface area (Å²) in [5.41, 5.74) is 3.53. The summed E-state index contributed by atoms with van der Waals surface area (Å²) in [5.74, 6) is -0.285. The van der Waals surface area contributed by atoms with Gasteiger partial charge in [-0.05, 0) is 69.4 Å². The molecule has 0 fully saturated rings. The lowest BCUT2D eigenvalue weighted by Gasteiger charge is -2.29. The van der Waals surface area contributed by atoms with Crippen LogP contribution in [0.4, 0.5) is 0 Å². The molecule has 4 rings (SSSR count). The molecule has 1 unspecified atom stereocenters. The fraction of sp³-hybridized carbons (Fsp3) is 0.481. The van der Waals surface area contributed by atoms with Gasteiger partial charge in [-0.1, -0.05) is 6.07 Å². The Balaban J connectivity index is 2.10. The maximum atomic E-state index is 13.6. The summed E-state index contributed by atoms with van der Waals surface area (Å²) in [4.78, 5) is 26.2. The van der Waals surface area contributed by atoms with E-state index < -0.39 is 17.7 Å². The number of fused-ring (bicyclic) bond motifs is 2. The van der Waals surface area contributed by atoms with E-state index in [1.807, 2.05) is 56.7 Å². The third-order valence-corrected chi connectivity index (χ3v) is 6.49. The highest BCUT2D eigenvalue weighted by atomic mass is 16.5. The topological polar surface area (TPSA) is 91.9 Å². The van der Waals surface area contributed by atoms with Crippen molar-refractivity contribution in [1.82, 2.24) is 9.13 Å². The fourth-order valence-electron chi connectivity index (χ4n) is 4.91. The SMILES string of the molecule is COCCn1ccc2c(-c3ccc4c(c3C)CCCO4)c(C(OC(C)(C)C)C(=O)O)n(C)c(=O)c21. The number of rotatable bonds is 7. The highest BCUT2D eigenvalue weighted by Gasteiger charge is 2.34. The number of hydrogen-bond acceptors (Lipinski definition) is 5. The van der Waals surface area contributed by atoms with E-state index in [1.54, 1.807) is 14.2 Å². The Bertz CT molecular complexity index is 1330.